The van der Waals surface area contributed by atoms with Crippen LogP contribution < -0.4 is 0 Å². The maximum Gasteiger partial charge on any atom is 0.194 e. The van der Waals surface area contributed by atoms with Crippen LogP contribution >= 0.6 is 0 Å². The van der Waals surface area contributed by atoms with Crippen molar-refractivity contribution in [1.82, 2.24) is 0 Å². The van der Waals surface area contributed by atoms with Gasteiger partial charge in [-0.1, -0.05) is 78.9 Å². The molecule has 0 saturated heterocycles. The minimum Gasteiger partial charge on any atom is -0.289 e. The maximum atomic E-state index is 12.5. The molecule has 3 aromatic rings. The zero-order valence-corrected chi connectivity index (χ0v) is 12.0. The van der Waals surface area contributed by atoms with Gasteiger partial charge in [-0.05, 0) is 28.3 Å². The standard InChI is InChI=1S/C21H14O/c22-21-19-9-5-4-8-17(19)18-13-12-16(14-20(18)21)11-10-15-6-2-1-3-7-15/h1-14H/b11-10+. The topological polar surface area (TPSA) is 17.1 Å². The number of carbonyl (C=O) groups is 1. The predicted octanol–water partition coefficient (Wildman–Crippen LogP) is 5.07. The van der Waals surface area contributed by atoms with Crippen LogP contribution in [0.4, 0.5) is 0 Å². The molecule has 0 saturated carbocycles. The number of ketones is 1. The lowest BCUT2D eigenvalue weighted by Gasteiger charge is -2.01. The van der Waals surface area contributed by atoms with Gasteiger partial charge in [-0.3, -0.25) is 4.79 Å². The zero-order valence-electron chi connectivity index (χ0n) is 12.0. The first-order chi connectivity index (χ1) is 10.8. The van der Waals surface area contributed by atoms with Crippen molar-refractivity contribution in [2.45, 2.75) is 0 Å². The summed E-state index contributed by atoms with van der Waals surface area (Å²) in [5.41, 5.74) is 5.89. The van der Waals surface area contributed by atoms with Crippen molar-refractivity contribution >= 4 is 17.9 Å². The van der Waals surface area contributed by atoms with Gasteiger partial charge in [0.05, 0.1) is 0 Å². The van der Waals surface area contributed by atoms with E-state index in [1.54, 1.807) is 0 Å². The van der Waals surface area contributed by atoms with Crippen molar-refractivity contribution in [3.8, 4) is 11.1 Å². The molecule has 0 aromatic heterocycles. The molecule has 0 radical (unpaired) electrons. The molecule has 22 heavy (non-hydrogen) atoms. The van der Waals surface area contributed by atoms with Gasteiger partial charge in [-0.25, -0.2) is 0 Å². The van der Waals surface area contributed by atoms with Crippen LogP contribution in [-0.2, 0) is 0 Å². The molecule has 1 heteroatoms. The molecule has 0 bridgehead atoms. The summed E-state index contributed by atoms with van der Waals surface area (Å²) in [6.45, 7) is 0. The highest BCUT2D eigenvalue weighted by molar-refractivity contribution is 6.21. The van der Waals surface area contributed by atoms with E-state index in [1.807, 2.05) is 60.7 Å². The molecule has 0 atom stereocenters. The summed E-state index contributed by atoms with van der Waals surface area (Å²) in [6.07, 6.45) is 4.11. The van der Waals surface area contributed by atoms with Crippen molar-refractivity contribution in [2.24, 2.45) is 0 Å². The van der Waals surface area contributed by atoms with E-state index in [1.165, 1.54) is 0 Å². The first-order valence-corrected chi connectivity index (χ1v) is 7.34. The fourth-order valence-electron chi connectivity index (χ4n) is 2.91. The molecule has 0 spiro atoms. The summed E-state index contributed by atoms with van der Waals surface area (Å²) < 4.78 is 0. The summed E-state index contributed by atoms with van der Waals surface area (Å²) in [4.78, 5) is 12.5. The summed E-state index contributed by atoms with van der Waals surface area (Å²) in [5.74, 6) is 0.126. The lowest BCUT2D eigenvalue weighted by Crippen LogP contribution is -1.94. The van der Waals surface area contributed by atoms with Crippen LogP contribution in [0.2, 0.25) is 0 Å². The fourth-order valence-corrected chi connectivity index (χ4v) is 2.91. The Morgan fingerprint density at radius 1 is 0.545 bits per heavy atom. The molecular weight excluding hydrogens is 268 g/mol. The van der Waals surface area contributed by atoms with E-state index in [0.29, 0.717) is 0 Å². The third kappa shape index (κ3) is 2.08. The van der Waals surface area contributed by atoms with Crippen molar-refractivity contribution in [2.75, 3.05) is 0 Å². The largest absolute Gasteiger partial charge is 0.289 e. The highest BCUT2D eigenvalue weighted by Gasteiger charge is 2.25. The molecule has 104 valence electrons. The highest BCUT2D eigenvalue weighted by atomic mass is 16.1. The Morgan fingerprint density at radius 3 is 2.00 bits per heavy atom. The summed E-state index contributed by atoms with van der Waals surface area (Å²) in [7, 11) is 0. The van der Waals surface area contributed by atoms with Gasteiger partial charge in [0, 0.05) is 11.1 Å². The van der Waals surface area contributed by atoms with Crippen molar-refractivity contribution < 1.29 is 4.79 Å². The molecule has 0 amide bonds. The first kappa shape index (κ1) is 12.8. The van der Waals surface area contributed by atoms with E-state index in [9.17, 15) is 4.79 Å². The second-order valence-electron chi connectivity index (χ2n) is 5.42. The van der Waals surface area contributed by atoms with Crippen LogP contribution in [0.5, 0.6) is 0 Å². The van der Waals surface area contributed by atoms with Crippen LogP contribution in [0.1, 0.15) is 27.0 Å². The molecule has 0 aliphatic heterocycles. The Kier molecular flexibility index (Phi) is 2.97. The normalized spacial score (nSPS) is 12.5. The Balaban J connectivity index is 1.72. The zero-order chi connectivity index (χ0) is 14.9. The van der Waals surface area contributed by atoms with Crippen molar-refractivity contribution in [3.63, 3.8) is 0 Å². The third-order valence-electron chi connectivity index (χ3n) is 4.02. The smallest absolute Gasteiger partial charge is 0.194 e. The molecule has 0 heterocycles. The van der Waals surface area contributed by atoms with E-state index >= 15 is 0 Å². The molecule has 1 aliphatic rings. The monoisotopic (exact) mass is 282 g/mol. The third-order valence-corrected chi connectivity index (χ3v) is 4.02. The predicted molar refractivity (Wildman–Crippen MR) is 90.7 cm³/mol. The molecule has 0 N–H and O–H groups in total. The average molecular weight is 282 g/mol. The van der Waals surface area contributed by atoms with E-state index in [-0.39, 0.29) is 5.78 Å². The first-order valence-electron chi connectivity index (χ1n) is 7.34. The fraction of sp³-hybridized carbons (Fsp3) is 0. The lowest BCUT2D eigenvalue weighted by molar-refractivity contribution is 0.104. The molecule has 4 rings (SSSR count). The van der Waals surface area contributed by atoms with Gasteiger partial charge in [0.1, 0.15) is 0 Å². The number of hydrogen-bond acceptors (Lipinski definition) is 1. The lowest BCUT2D eigenvalue weighted by atomic mass is 10.0. The Hall–Kier alpha value is -2.93. The number of hydrogen-bond donors (Lipinski definition) is 0. The van der Waals surface area contributed by atoms with Gasteiger partial charge < -0.3 is 0 Å². The second-order valence-corrected chi connectivity index (χ2v) is 5.42. The van der Waals surface area contributed by atoms with Gasteiger partial charge in [0.25, 0.3) is 0 Å². The molecule has 1 aliphatic carbocycles. The summed E-state index contributed by atoms with van der Waals surface area (Å²) >= 11 is 0. The van der Waals surface area contributed by atoms with E-state index < -0.39 is 0 Å². The van der Waals surface area contributed by atoms with Gasteiger partial charge in [-0.15, -0.1) is 0 Å². The quantitative estimate of drug-likeness (QED) is 0.469. The van der Waals surface area contributed by atoms with Crippen LogP contribution in [-0.4, -0.2) is 5.78 Å². The summed E-state index contributed by atoms with van der Waals surface area (Å²) in [6, 6.07) is 24.1. The van der Waals surface area contributed by atoms with Crippen molar-refractivity contribution in [1.29, 1.82) is 0 Å². The molecule has 0 unspecified atom stereocenters. The SMILES string of the molecule is O=C1c2ccccc2-c2ccc(/C=C/c3ccccc3)cc21. The number of benzene rings is 3. The highest BCUT2D eigenvalue weighted by Crippen LogP contribution is 2.36. The van der Waals surface area contributed by atoms with Crippen LogP contribution in [0.3, 0.4) is 0 Å². The van der Waals surface area contributed by atoms with Gasteiger partial charge in [0.2, 0.25) is 0 Å². The second kappa shape index (κ2) is 5.12. The Morgan fingerprint density at radius 2 is 1.18 bits per heavy atom. The van der Waals surface area contributed by atoms with E-state index in [0.717, 1.165) is 33.4 Å². The maximum absolute atomic E-state index is 12.5. The van der Waals surface area contributed by atoms with Crippen LogP contribution in [0, 0.1) is 0 Å². The average Bonchev–Trinajstić information content (AvgIpc) is 2.87. The van der Waals surface area contributed by atoms with Gasteiger partial charge >= 0.3 is 0 Å². The molecule has 0 fully saturated rings. The molecule has 3 aromatic carbocycles. The van der Waals surface area contributed by atoms with Crippen LogP contribution in [0.15, 0.2) is 72.8 Å². The Labute approximate surface area is 129 Å². The molecule has 1 nitrogen and oxygen atoms in total. The summed E-state index contributed by atoms with van der Waals surface area (Å²) in [5, 5.41) is 0. The van der Waals surface area contributed by atoms with E-state index in [2.05, 4.69) is 24.3 Å². The van der Waals surface area contributed by atoms with Gasteiger partial charge in [-0.2, -0.15) is 0 Å². The van der Waals surface area contributed by atoms with Gasteiger partial charge in [0.15, 0.2) is 5.78 Å². The van der Waals surface area contributed by atoms with Crippen molar-refractivity contribution in [3.05, 3.63) is 95.1 Å². The number of carbonyl (C=O) groups excluding carboxylic acids is 1. The van der Waals surface area contributed by atoms with Crippen LogP contribution in [0.25, 0.3) is 23.3 Å². The number of rotatable bonds is 2. The Bertz CT molecular complexity index is 889. The minimum atomic E-state index is 0.126. The number of fused-ring (bicyclic) bond motifs is 3. The van der Waals surface area contributed by atoms with E-state index in [4.69, 9.17) is 0 Å². The molecular formula is C21H14O. The minimum absolute atomic E-state index is 0.126.